The SMILES string of the molecule is CCc1cc(NC(=O)C(=O)N2CC(c3ccsc3)CC2C)n(C)n1. The highest BCUT2D eigenvalue weighted by Gasteiger charge is 2.36. The van der Waals surface area contributed by atoms with Crippen molar-refractivity contribution in [2.45, 2.75) is 38.6 Å². The van der Waals surface area contributed by atoms with Gasteiger partial charge in [-0.3, -0.25) is 14.3 Å². The Kier molecular flexibility index (Phi) is 4.71. The second kappa shape index (κ2) is 6.76. The molecule has 24 heavy (non-hydrogen) atoms. The predicted molar refractivity (Wildman–Crippen MR) is 94.1 cm³/mol. The zero-order valence-electron chi connectivity index (χ0n) is 14.2. The molecule has 1 saturated heterocycles. The minimum absolute atomic E-state index is 0.0610. The summed E-state index contributed by atoms with van der Waals surface area (Å²) < 4.78 is 1.59. The molecule has 0 aliphatic carbocycles. The number of amides is 2. The third-order valence-electron chi connectivity index (χ3n) is 4.58. The molecular weight excluding hydrogens is 324 g/mol. The molecular formula is C17H22N4O2S. The summed E-state index contributed by atoms with van der Waals surface area (Å²) in [5.41, 5.74) is 2.13. The van der Waals surface area contributed by atoms with E-state index in [1.165, 1.54) is 5.56 Å². The van der Waals surface area contributed by atoms with E-state index in [1.54, 1.807) is 34.0 Å². The minimum atomic E-state index is -0.599. The van der Waals surface area contributed by atoms with Crippen LogP contribution >= 0.6 is 11.3 Å². The number of aromatic nitrogens is 2. The van der Waals surface area contributed by atoms with Crippen molar-refractivity contribution < 1.29 is 9.59 Å². The Bertz CT molecular complexity index is 738. The number of thiophene rings is 1. The van der Waals surface area contributed by atoms with Crippen molar-refractivity contribution in [1.82, 2.24) is 14.7 Å². The lowest BCUT2D eigenvalue weighted by Crippen LogP contribution is -2.41. The number of anilines is 1. The Balaban J connectivity index is 1.67. The fraction of sp³-hybridized carbons (Fsp3) is 0.471. The molecule has 0 aromatic carbocycles. The van der Waals surface area contributed by atoms with E-state index >= 15 is 0 Å². The van der Waals surface area contributed by atoms with Crippen LogP contribution in [0.1, 0.15) is 37.4 Å². The first-order valence-corrected chi connectivity index (χ1v) is 9.10. The molecule has 2 aromatic rings. The molecule has 2 atom stereocenters. The number of carbonyl (C=O) groups is 2. The molecule has 7 heteroatoms. The summed E-state index contributed by atoms with van der Waals surface area (Å²) in [5, 5.41) is 11.1. The van der Waals surface area contributed by atoms with Gasteiger partial charge in [-0.05, 0) is 42.2 Å². The van der Waals surface area contributed by atoms with Gasteiger partial charge in [-0.25, -0.2) is 0 Å². The normalized spacial score (nSPS) is 20.4. The Labute approximate surface area is 145 Å². The van der Waals surface area contributed by atoms with Gasteiger partial charge in [0.25, 0.3) is 0 Å². The summed E-state index contributed by atoms with van der Waals surface area (Å²) in [6, 6.07) is 3.95. The van der Waals surface area contributed by atoms with Crippen LogP contribution in [0.15, 0.2) is 22.9 Å². The third-order valence-corrected chi connectivity index (χ3v) is 5.28. The van der Waals surface area contributed by atoms with Crippen LogP contribution in [-0.2, 0) is 23.1 Å². The van der Waals surface area contributed by atoms with Gasteiger partial charge < -0.3 is 10.2 Å². The molecule has 128 valence electrons. The van der Waals surface area contributed by atoms with E-state index in [1.807, 2.05) is 19.2 Å². The standard InChI is InChI=1S/C17H22N4O2S/c1-4-14-8-15(20(3)19-14)18-16(22)17(23)21-9-13(7-11(21)2)12-5-6-24-10-12/h5-6,8,10-11,13H,4,7,9H2,1-3H3,(H,18,22). The van der Waals surface area contributed by atoms with Crippen molar-refractivity contribution in [2.75, 3.05) is 11.9 Å². The van der Waals surface area contributed by atoms with Crippen molar-refractivity contribution >= 4 is 29.0 Å². The van der Waals surface area contributed by atoms with Gasteiger partial charge in [-0.15, -0.1) is 0 Å². The Hall–Kier alpha value is -2.15. The summed E-state index contributed by atoms with van der Waals surface area (Å²) in [5.74, 6) is -0.212. The molecule has 1 aliphatic rings. The van der Waals surface area contributed by atoms with Crippen LogP contribution in [0.25, 0.3) is 0 Å². The molecule has 2 aromatic heterocycles. The van der Waals surface area contributed by atoms with E-state index < -0.39 is 11.8 Å². The average Bonchev–Trinajstić information content (AvgIpc) is 3.27. The van der Waals surface area contributed by atoms with E-state index in [4.69, 9.17) is 0 Å². The molecule has 0 saturated carbocycles. The van der Waals surface area contributed by atoms with Gasteiger partial charge in [0.1, 0.15) is 5.82 Å². The first-order chi connectivity index (χ1) is 11.5. The number of carbonyl (C=O) groups excluding carboxylic acids is 2. The number of nitrogens with zero attached hydrogens (tertiary/aromatic N) is 3. The highest BCUT2D eigenvalue weighted by Crippen LogP contribution is 2.32. The Morgan fingerprint density at radius 3 is 2.88 bits per heavy atom. The second-order valence-corrected chi connectivity index (χ2v) is 7.03. The van der Waals surface area contributed by atoms with Gasteiger partial charge >= 0.3 is 11.8 Å². The van der Waals surface area contributed by atoms with Crippen molar-refractivity contribution in [3.63, 3.8) is 0 Å². The molecule has 3 heterocycles. The van der Waals surface area contributed by atoms with Gasteiger partial charge in [0.15, 0.2) is 0 Å². The van der Waals surface area contributed by atoms with Gasteiger partial charge in [-0.2, -0.15) is 16.4 Å². The smallest absolute Gasteiger partial charge is 0.315 e. The van der Waals surface area contributed by atoms with E-state index in [9.17, 15) is 9.59 Å². The molecule has 1 aliphatic heterocycles. The van der Waals surface area contributed by atoms with Crippen LogP contribution in [0.5, 0.6) is 0 Å². The van der Waals surface area contributed by atoms with Gasteiger partial charge in [-0.1, -0.05) is 6.92 Å². The molecule has 2 amide bonds. The maximum Gasteiger partial charge on any atom is 0.315 e. The van der Waals surface area contributed by atoms with Gasteiger partial charge in [0.2, 0.25) is 0 Å². The predicted octanol–water partition coefficient (Wildman–Crippen LogP) is 2.39. The summed E-state index contributed by atoms with van der Waals surface area (Å²) in [6.07, 6.45) is 1.67. The van der Waals surface area contributed by atoms with Crippen LogP contribution in [-0.4, -0.2) is 39.1 Å². The van der Waals surface area contributed by atoms with Crippen LogP contribution < -0.4 is 5.32 Å². The monoisotopic (exact) mass is 346 g/mol. The fourth-order valence-corrected chi connectivity index (χ4v) is 3.92. The Morgan fingerprint density at radius 1 is 1.46 bits per heavy atom. The number of rotatable bonds is 3. The largest absolute Gasteiger partial charge is 0.331 e. The maximum absolute atomic E-state index is 12.5. The van der Waals surface area contributed by atoms with E-state index in [2.05, 4.69) is 21.9 Å². The van der Waals surface area contributed by atoms with Crippen LogP contribution in [0.2, 0.25) is 0 Å². The van der Waals surface area contributed by atoms with Gasteiger partial charge in [0.05, 0.1) is 5.69 Å². The van der Waals surface area contributed by atoms with Crippen LogP contribution in [0.3, 0.4) is 0 Å². The fourth-order valence-electron chi connectivity index (χ4n) is 3.18. The zero-order chi connectivity index (χ0) is 17.3. The number of hydrogen-bond acceptors (Lipinski definition) is 4. The molecule has 0 radical (unpaired) electrons. The van der Waals surface area contributed by atoms with Crippen molar-refractivity contribution in [3.8, 4) is 0 Å². The van der Waals surface area contributed by atoms with Crippen molar-refractivity contribution in [2.24, 2.45) is 7.05 Å². The number of hydrogen-bond donors (Lipinski definition) is 1. The number of nitrogens with one attached hydrogen (secondary N) is 1. The van der Waals surface area contributed by atoms with Gasteiger partial charge in [0, 0.05) is 31.6 Å². The van der Waals surface area contributed by atoms with Crippen molar-refractivity contribution in [3.05, 3.63) is 34.2 Å². The third kappa shape index (κ3) is 3.21. The average molecular weight is 346 g/mol. The molecule has 1 fully saturated rings. The van der Waals surface area contributed by atoms with Crippen LogP contribution in [0.4, 0.5) is 5.82 Å². The molecule has 3 rings (SSSR count). The quantitative estimate of drug-likeness (QED) is 0.868. The first kappa shape index (κ1) is 16.7. The molecule has 2 unspecified atom stereocenters. The lowest BCUT2D eigenvalue weighted by atomic mass is 10.00. The van der Waals surface area contributed by atoms with Crippen molar-refractivity contribution in [1.29, 1.82) is 0 Å². The van der Waals surface area contributed by atoms with E-state index in [-0.39, 0.29) is 6.04 Å². The summed E-state index contributed by atoms with van der Waals surface area (Å²) in [7, 11) is 1.75. The van der Waals surface area contributed by atoms with E-state index in [0.29, 0.717) is 18.3 Å². The van der Waals surface area contributed by atoms with E-state index in [0.717, 1.165) is 18.5 Å². The molecule has 0 bridgehead atoms. The summed E-state index contributed by atoms with van der Waals surface area (Å²) in [6.45, 7) is 4.59. The number of likely N-dealkylation sites (tertiary alicyclic amines) is 1. The highest BCUT2D eigenvalue weighted by molar-refractivity contribution is 7.08. The highest BCUT2D eigenvalue weighted by atomic mass is 32.1. The Morgan fingerprint density at radius 2 is 2.25 bits per heavy atom. The first-order valence-electron chi connectivity index (χ1n) is 8.16. The molecule has 0 spiro atoms. The number of aryl methyl sites for hydroxylation is 2. The topological polar surface area (TPSA) is 67.2 Å². The summed E-state index contributed by atoms with van der Waals surface area (Å²) in [4.78, 5) is 26.6. The minimum Gasteiger partial charge on any atom is -0.331 e. The lowest BCUT2D eigenvalue weighted by molar-refractivity contribution is -0.143. The lowest BCUT2D eigenvalue weighted by Gasteiger charge is -2.20. The second-order valence-electron chi connectivity index (χ2n) is 6.25. The molecule has 6 nitrogen and oxygen atoms in total. The maximum atomic E-state index is 12.5. The van der Waals surface area contributed by atoms with Crippen LogP contribution in [0, 0.1) is 0 Å². The molecule has 1 N–H and O–H groups in total. The summed E-state index contributed by atoms with van der Waals surface area (Å²) >= 11 is 1.66. The zero-order valence-corrected chi connectivity index (χ0v) is 15.0.